The van der Waals surface area contributed by atoms with Gasteiger partial charge in [-0.15, -0.1) is 11.8 Å². The smallest absolute Gasteiger partial charge is 0.281 e. The Labute approximate surface area is 221 Å². The van der Waals surface area contributed by atoms with Crippen LogP contribution in [0.25, 0.3) is 10.9 Å². The van der Waals surface area contributed by atoms with Crippen LogP contribution in [0.1, 0.15) is 15.9 Å². The van der Waals surface area contributed by atoms with Gasteiger partial charge in [-0.3, -0.25) is 4.79 Å². The van der Waals surface area contributed by atoms with E-state index in [1.807, 2.05) is 0 Å². The van der Waals surface area contributed by atoms with Gasteiger partial charge in [0.1, 0.15) is 17.1 Å². The Bertz CT molecular complexity index is 1680. The summed E-state index contributed by atoms with van der Waals surface area (Å²) in [7, 11) is -0.986. The number of carbonyl (C=O) groups excluding carboxylic acids is 1. The number of hydrogen-bond acceptors (Lipinski definition) is 5. The van der Waals surface area contributed by atoms with Crippen LogP contribution >= 0.6 is 11.8 Å². The number of nitrogens with zero attached hydrogens (tertiary/aromatic N) is 3. The minimum atomic E-state index is -4.24. The second-order valence-electron chi connectivity index (χ2n) is 8.44. The van der Waals surface area contributed by atoms with Crippen LogP contribution in [0.15, 0.2) is 69.5 Å². The van der Waals surface area contributed by atoms with E-state index in [1.54, 1.807) is 39.4 Å². The molecule has 0 atom stereocenters. The maximum absolute atomic E-state index is 15.4. The highest BCUT2D eigenvalue weighted by Crippen LogP contribution is 2.43. The second kappa shape index (κ2) is 10.5. The summed E-state index contributed by atoms with van der Waals surface area (Å²) in [6, 6.07) is 10.4. The van der Waals surface area contributed by atoms with Gasteiger partial charge in [0.2, 0.25) is 5.82 Å². The third-order valence-electron chi connectivity index (χ3n) is 5.48. The number of aryl methyl sites for hydroxylation is 1. The Morgan fingerprint density at radius 2 is 1.74 bits per heavy atom. The van der Waals surface area contributed by atoms with E-state index in [9.17, 15) is 17.6 Å². The summed E-state index contributed by atoms with van der Waals surface area (Å²) in [5.41, 5.74) is -0.0727. The zero-order valence-corrected chi connectivity index (χ0v) is 22.3. The molecule has 0 radical (unpaired) electrons. The third-order valence-corrected chi connectivity index (χ3v) is 7.98. The molecule has 0 aliphatic rings. The number of aromatic nitrogens is 1. The fourth-order valence-corrected chi connectivity index (χ4v) is 5.69. The van der Waals surface area contributed by atoms with E-state index in [0.29, 0.717) is 3.97 Å². The van der Waals surface area contributed by atoms with Crippen LogP contribution in [0.3, 0.4) is 0 Å². The van der Waals surface area contributed by atoms with Gasteiger partial charge in [-0.2, -0.15) is 9.38 Å². The van der Waals surface area contributed by atoms with E-state index < -0.39 is 50.2 Å². The first-order valence-electron chi connectivity index (χ1n) is 11.1. The van der Waals surface area contributed by atoms with Crippen LogP contribution < -0.4 is 4.74 Å². The zero-order chi connectivity index (χ0) is 27.8. The van der Waals surface area contributed by atoms with Gasteiger partial charge >= 0.3 is 0 Å². The van der Waals surface area contributed by atoms with Crippen molar-refractivity contribution >= 4 is 44.9 Å². The van der Waals surface area contributed by atoms with Crippen molar-refractivity contribution in [2.45, 2.75) is 16.7 Å². The lowest BCUT2D eigenvalue weighted by Crippen LogP contribution is -2.13. The molecule has 1 aromatic heterocycles. The predicted octanol–water partition coefficient (Wildman–Crippen LogP) is 5.85. The van der Waals surface area contributed by atoms with Crippen LogP contribution in [0.5, 0.6) is 11.5 Å². The van der Waals surface area contributed by atoms with Crippen molar-refractivity contribution in [3.8, 4) is 11.5 Å². The maximum atomic E-state index is 15.4. The van der Waals surface area contributed by atoms with Crippen molar-refractivity contribution in [2.75, 3.05) is 20.4 Å². The Morgan fingerprint density at radius 3 is 2.37 bits per heavy atom. The maximum Gasteiger partial charge on any atom is 0.281 e. The molecule has 12 heteroatoms. The van der Waals surface area contributed by atoms with Gasteiger partial charge in [0.25, 0.3) is 15.9 Å². The molecule has 0 spiro atoms. The van der Waals surface area contributed by atoms with Crippen molar-refractivity contribution in [3.05, 3.63) is 83.3 Å². The van der Waals surface area contributed by atoms with Gasteiger partial charge in [-0.25, -0.2) is 21.2 Å². The molecule has 1 heterocycles. The van der Waals surface area contributed by atoms with Gasteiger partial charge in [-0.05, 0) is 49.6 Å². The number of ether oxygens (including phenoxy) is 1. The number of fused-ring (bicyclic) bond motifs is 1. The lowest BCUT2D eigenvalue weighted by molar-refractivity contribution is 0.0998. The first-order chi connectivity index (χ1) is 17.9. The SMILES string of the molecule is CSc1c(Oc2ccc(F)c(C(=O)N=CN(C)C)c2)c(F)c(F)c2c1ccn2S(=O)(=O)c1ccc(C)cc1. The molecule has 38 heavy (non-hydrogen) atoms. The molecule has 7 nitrogen and oxygen atoms in total. The van der Waals surface area contributed by atoms with Crippen LogP contribution in [-0.4, -0.2) is 49.9 Å². The standard InChI is InChI=1S/C26H22F3N3O4S2/c1-15-5-8-17(9-6-15)38(34,35)32-12-11-18-23(32)21(28)22(29)24(25(18)37-4)36-16-7-10-20(27)19(13-16)26(33)30-14-31(2)3/h5-14H,1-4H3. The number of hydrogen-bond donors (Lipinski definition) is 0. The normalized spacial score (nSPS) is 11.9. The van der Waals surface area contributed by atoms with E-state index in [4.69, 9.17) is 4.74 Å². The molecule has 4 aromatic rings. The zero-order valence-electron chi connectivity index (χ0n) is 20.7. The molecule has 1 amide bonds. The van der Waals surface area contributed by atoms with Gasteiger partial charge in [-0.1, -0.05) is 17.7 Å². The van der Waals surface area contributed by atoms with Crippen molar-refractivity contribution in [3.63, 3.8) is 0 Å². The minimum absolute atomic E-state index is 0.0909. The third kappa shape index (κ3) is 5.01. The van der Waals surface area contributed by atoms with E-state index in [-0.39, 0.29) is 20.9 Å². The number of rotatable bonds is 7. The highest BCUT2D eigenvalue weighted by Gasteiger charge is 2.28. The number of carbonyl (C=O) groups is 1. The Hall–Kier alpha value is -3.77. The molecule has 0 unspecified atom stereocenters. The molecule has 0 saturated heterocycles. The van der Waals surface area contributed by atoms with Crippen LogP contribution in [0, 0.1) is 24.4 Å². The number of amides is 1. The number of benzene rings is 3. The lowest BCUT2D eigenvalue weighted by Gasteiger charge is -2.15. The van der Waals surface area contributed by atoms with Crippen LogP contribution in [0.4, 0.5) is 13.2 Å². The molecule has 0 saturated carbocycles. The second-order valence-corrected chi connectivity index (χ2v) is 11.1. The van der Waals surface area contributed by atoms with E-state index in [0.717, 1.165) is 41.7 Å². The Kier molecular flexibility index (Phi) is 7.56. The molecular weight excluding hydrogens is 539 g/mol. The molecule has 0 fully saturated rings. The van der Waals surface area contributed by atoms with Crippen molar-refractivity contribution in [1.82, 2.24) is 8.87 Å². The predicted molar refractivity (Wildman–Crippen MR) is 140 cm³/mol. The van der Waals surface area contributed by atoms with Crippen LogP contribution in [0.2, 0.25) is 0 Å². The number of aliphatic imine (C=N–C) groups is 1. The summed E-state index contributed by atoms with van der Waals surface area (Å²) in [5, 5.41) is 0.0936. The Morgan fingerprint density at radius 1 is 1.05 bits per heavy atom. The molecule has 4 rings (SSSR count). The lowest BCUT2D eigenvalue weighted by atomic mass is 10.2. The monoisotopic (exact) mass is 561 g/mol. The van der Waals surface area contributed by atoms with Crippen molar-refractivity contribution < 1.29 is 31.1 Å². The summed E-state index contributed by atoms with van der Waals surface area (Å²) in [4.78, 5) is 17.4. The summed E-state index contributed by atoms with van der Waals surface area (Å²) in [6.45, 7) is 1.79. The highest BCUT2D eigenvalue weighted by atomic mass is 32.2. The molecule has 0 aliphatic heterocycles. The van der Waals surface area contributed by atoms with Gasteiger partial charge < -0.3 is 9.64 Å². The van der Waals surface area contributed by atoms with Gasteiger partial charge in [0.05, 0.1) is 21.7 Å². The summed E-state index contributed by atoms with van der Waals surface area (Å²) < 4.78 is 77.9. The molecule has 0 aliphatic carbocycles. The quantitative estimate of drug-likeness (QED) is 0.160. The number of thioether (sulfide) groups is 1. The van der Waals surface area contributed by atoms with E-state index in [2.05, 4.69) is 4.99 Å². The molecule has 198 valence electrons. The summed E-state index contributed by atoms with van der Waals surface area (Å²) in [5.74, 6) is -5.33. The average molecular weight is 562 g/mol. The van der Waals surface area contributed by atoms with Crippen LogP contribution in [-0.2, 0) is 10.0 Å². The number of halogens is 3. The fourth-order valence-electron chi connectivity index (χ4n) is 3.64. The summed E-state index contributed by atoms with van der Waals surface area (Å²) in [6.07, 6.45) is 3.92. The summed E-state index contributed by atoms with van der Waals surface area (Å²) >= 11 is 1.00. The van der Waals surface area contributed by atoms with Gasteiger partial charge in [0.15, 0.2) is 11.6 Å². The first-order valence-corrected chi connectivity index (χ1v) is 13.7. The fraction of sp³-hybridized carbons (Fsp3) is 0.154. The highest BCUT2D eigenvalue weighted by molar-refractivity contribution is 7.99. The van der Waals surface area contributed by atoms with Gasteiger partial charge in [0, 0.05) is 25.7 Å². The topological polar surface area (TPSA) is 81.0 Å². The first kappa shape index (κ1) is 27.3. The van der Waals surface area contributed by atoms with E-state index >= 15 is 8.78 Å². The molecule has 3 aromatic carbocycles. The Balaban J connectivity index is 1.82. The minimum Gasteiger partial charge on any atom is -0.453 e. The van der Waals surface area contributed by atoms with Crippen molar-refractivity contribution in [2.24, 2.45) is 4.99 Å². The van der Waals surface area contributed by atoms with E-state index in [1.165, 1.54) is 29.4 Å². The van der Waals surface area contributed by atoms with Crippen molar-refractivity contribution in [1.29, 1.82) is 0 Å². The molecular formula is C26H22F3N3O4S2. The molecule has 0 N–H and O–H groups in total. The average Bonchev–Trinajstić information content (AvgIpc) is 3.33. The largest absolute Gasteiger partial charge is 0.453 e. The molecule has 0 bridgehead atoms.